The molecule has 110 valence electrons. The fourth-order valence-corrected chi connectivity index (χ4v) is 3.09. The highest BCUT2D eigenvalue weighted by Crippen LogP contribution is 2.37. The van der Waals surface area contributed by atoms with Gasteiger partial charge in [-0.2, -0.15) is 0 Å². The fourth-order valence-electron chi connectivity index (χ4n) is 3.09. The summed E-state index contributed by atoms with van der Waals surface area (Å²) in [6, 6.07) is 4.77. The summed E-state index contributed by atoms with van der Waals surface area (Å²) in [4.78, 5) is 13.7. The van der Waals surface area contributed by atoms with Crippen LogP contribution in [0.1, 0.15) is 50.9 Å². The Hall–Kier alpha value is -1.38. The number of para-hydroxylation sites is 1. The molecule has 1 saturated heterocycles. The number of nitrogens with zero attached hydrogens (tertiary/aromatic N) is 1. The average Bonchev–Trinajstić information content (AvgIpc) is 2.37. The Morgan fingerprint density at radius 3 is 2.35 bits per heavy atom. The predicted molar refractivity (Wildman–Crippen MR) is 80.8 cm³/mol. The van der Waals surface area contributed by atoms with Gasteiger partial charge in [-0.1, -0.05) is 26.8 Å². The zero-order valence-electron chi connectivity index (χ0n) is 12.9. The van der Waals surface area contributed by atoms with Crippen LogP contribution in [-0.2, 0) is 0 Å². The zero-order chi connectivity index (χ0) is 14.9. The van der Waals surface area contributed by atoms with Crippen LogP contribution < -0.4 is 4.90 Å². The molecule has 2 nitrogen and oxygen atoms in total. The summed E-state index contributed by atoms with van der Waals surface area (Å²) in [6.07, 6.45) is 2.10. The minimum absolute atomic E-state index is 0.0718. The fraction of sp³-hybridized carbons (Fsp3) is 0.588. The van der Waals surface area contributed by atoms with Crippen molar-refractivity contribution in [3.05, 3.63) is 29.6 Å². The number of Topliss-reactive ketones (excluding diaryl/α,β-unsaturated/α-hetero) is 1. The molecule has 0 atom stereocenters. The maximum atomic E-state index is 14.1. The van der Waals surface area contributed by atoms with Gasteiger partial charge in [0.25, 0.3) is 0 Å². The molecular weight excluding hydrogens is 253 g/mol. The Kier molecular flexibility index (Phi) is 4.17. The van der Waals surface area contributed by atoms with Crippen molar-refractivity contribution in [2.45, 2.75) is 40.5 Å². The molecular formula is C17H24FNO. The minimum Gasteiger partial charge on any atom is -0.369 e. The Morgan fingerprint density at radius 2 is 1.85 bits per heavy atom. The molecule has 1 aromatic carbocycles. The summed E-state index contributed by atoms with van der Waals surface area (Å²) in [5.41, 5.74) is 1.29. The van der Waals surface area contributed by atoms with Crippen LogP contribution in [0, 0.1) is 17.2 Å². The number of halogens is 1. The molecule has 3 heteroatoms. The van der Waals surface area contributed by atoms with E-state index in [2.05, 4.69) is 20.8 Å². The molecule has 1 fully saturated rings. The van der Waals surface area contributed by atoms with Crippen LogP contribution in [0.2, 0.25) is 0 Å². The molecule has 20 heavy (non-hydrogen) atoms. The summed E-state index contributed by atoms with van der Waals surface area (Å²) in [7, 11) is 0. The lowest BCUT2D eigenvalue weighted by Gasteiger charge is -2.40. The van der Waals surface area contributed by atoms with Gasteiger partial charge >= 0.3 is 0 Å². The van der Waals surface area contributed by atoms with Crippen LogP contribution in [0.3, 0.4) is 0 Å². The van der Waals surface area contributed by atoms with Crippen LogP contribution in [0.25, 0.3) is 0 Å². The lowest BCUT2D eigenvalue weighted by Crippen LogP contribution is -2.39. The SMILES string of the molecule is CC(=O)c1cccc(F)c1N1CCC(C(C)(C)C)CC1. The lowest BCUT2D eigenvalue weighted by molar-refractivity contribution is 0.101. The van der Waals surface area contributed by atoms with E-state index in [0.717, 1.165) is 25.9 Å². The number of piperidine rings is 1. The van der Waals surface area contributed by atoms with Gasteiger partial charge < -0.3 is 4.90 Å². The van der Waals surface area contributed by atoms with E-state index in [1.807, 2.05) is 4.90 Å². The third-order valence-electron chi connectivity index (χ3n) is 4.40. The maximum Gasteiger partial charge on any atom is 0.161 e. The third-order valence-corrected chi connectivity index (χ3v) is 4.40. The number of carbonyl (C=O) groups is 1. The van der Waals surface area contributed by atoms with E-state index in [0.29, 0.717) is 22.6 Å². The number of hydrogen-bond acceptors (Lipinski definition) is 2. The molecule has 0 unspecified atom stereocenters. The maximum absolute atomic E-state index is 14.1. The summed E-state index contributed by atoms with van der Waals surface area (Å²) in [5.74, 6) is 0.302. The minimum atomic E-state index is -0.285. The third kappa shape index (κ3) is 3.02. The van der Waals surface area contributed by atoms with Crippen molar-refractivity contribution in [1.82, 2.24) is 0 Å². The second-order valence-corrected chi connectivity index (χ2v) is 6.82. The van der Waals surface area contributed by atoms with E-state index in [-0.39, 0.29) is 11.6 Å². The van der Waals surface area contributed by atoms with Crippen LogP contribution in [0.5, 0.6) is 0 Å². The molecule has 1 aliphatic heterocycles. The predicted octanol–water partition coefficient (Wildman–Crippen LogP) is 4.29. The molecule has 0 aliphatic carbocycles. The lowest BCUT2D eigenvalue weighted by atomic mass is 9.75. The summed E-state index contributed by atoms with van der Waals surface area (Å²) >= 11 is 0. The highest BCUT2D eigenvalue weighted by atomic mass is 19.1. The number of rotatable bonds is 2. The van der Waals surface area contributed by atoms with Crippen molar-refractivity contribution < 1.29 is 9.18 Å². The molecule has 1 aliphatic rings. The van der Waals surface area contributed by atoms with Crippen LogP contribution in [-0.4, -0.2) is 18.9 Å². The standard InChI is InChI=1S/C17H24FNO/c1-12(20)14-6-5-7-15(18)16(14)19-10-8-13(9-11-19)17(2,3)4/h5-7,13H,8-11H2,1-4H3. The summed E-state index contributed by atoms with van der Waals surface area (Å²) < 4.78 is 14.1. The van der Waals surface area contributed by atoms with E-state index >= 15 is 0 Å². The Balaban J connectivity index is 2.21. The number of benzene rings is 1. The molecule has 1 aromatic rings. The highest BCUT2D eigenvalue weighted by Gasteiger charge is 2.30. The van der Waals surface area contributed by atoms with Crippen LogP contribution in [0.15, 0.2) is 18.2 Å². The van der Waals surface area contributed by atoms with Crippen molar-refractivity contribution in [3.63, 3.8) is 0 Å². The van der Waals surface area contributed by atoms with Gasteiger partial charge in [-0.05, 0) is 43.2 Å². The van der Waals surface area contributed by atoms with Gasteiger partial charge in [0.05, 0.1) is 5.69 Å². The van der Waals surface area contributed by atoms with E-state index in [1.54, 1.807) is 12.1 Å². The Morgan fingerprint density at radius 1 is 1.25 bits per heavy atom. The topological polar surface area (TPSA) is 20.3 Å². The van der Waals surface area contributed by atoms with Crippen molar-refractivity contribution >= 4 is 11.5 Å². The van der Waals surface area contributed by atoms with E-state index in [9.17, 15) is 9.18 Å². The normalized spacial score (nSPS) is 17.4. The van der Waals surface area contributed by atoms with Gasteiger partial charge in [-0.3, -0.25) is 4.79 Å². The molecule has 0 radical (unpaired) electrons. The largest absolute Gasteiger partial charge is 0.369 e. The van der Waals surface area contributed by atoms with Crippen molar-refractivity contribution in [2.24, 2.45) is 11.3 Å². The first-order chi connectivity index (χ1) is 9.30. The van der Waals surface area contributed by atoms with Gasteiger partial charge in [-0.25, -0.2) is 4.39 Å². The molecule has 0 amide bonds. The summed E-state index contributed by atoms with van der Waals surface area (Å²) in [5, 5.41) is 0. The van der Waals surface area contributed by atoms with Crippen molar-refractivity contribution in [1.29, 1.82) is 0 Å². The van der Waals surface area contributed by atoms with Crippen molar-refractivity contribution in [3.8, 4) is 0 Å². The van der Waals surface area contributed by atoms with Gasteiger partial charge in [0.2, 0.25) is 0 Å². The summed E-state index contributed by atoms with van der Waals surface area (Å²) in [6.45, 7) is 9.93. The van der Waals surface area contributed by atoms with Gasteiger partial charge in [0.15, 0.2) is 5.78 Å². The first kappa shape index (κ1) is 15.0. The van der Waals surface area contributed by atoms with E-state index in [4.69, 9.17) is 0 Å². The van der Waals surface area contributed by atoms with Crippen molar-refractivity contribution in [2.75, 3.05) is 18.0 Å². The molecule has 0 aromatic heterocycles. The highest BCUT2D eigenvalue weighted by molar-refractivity contribution is 5.99. The molecule has 1 heterocycles. The second-order valence-electron chi connectivity index (χ2n) is 6.82. The van der Waals surface area contributed by atoms with Crippen LogP contribution >= 0.6 is 0 Å². The molecule has 0 N–H and O–H groups in total. The average molecular weight is 277 g/mol. The molecule has 2 rings (SSSR count). The van der Waals surface area contributed by atoms with Gasteiger partial charge in [0.1, 0.15) is 5.82 Å². The number of ketones is 1. The smallest absolute Gasteiger partial charge is 0.161 e. The van der Waals surface area contributed by atoms with E-state index in [1.165, 1.54) is 13.0 Å². The van der Waals surface area contributed by atoms with Crippen LogP contribution in [0.4, 0.5) is 10.1 Å². The number of anilines is 1. The molecule has 0 spiro atoms. The zero-order valence-corrected chi connectivity index (χ0v) is 12.9. The van der Waals surface area contributed by atoms with Gasteiger partial charge in [0, 0.05) is 18.7 Å². The molecule has 0 saturated carbocycles. The molecule has 0 bridgehead atoms. The number of hydrogen-bond donors (Lipinski definition) is 0. The number of carbonyl (C=O) groups excluding carboxylic acids is 1. The first-order valence-electron chi connectivity index (χ1n) is 7.35. The first-order valence-corrected chi connectivity index (χ1v) is 7.35. The second kappa shape index (κ2) is 5.55. The Bertz CT molecular complexity index is 496. The quantitative estimate of drug-likeness (QED) is 0.752. The Labute approximate surface area is 121 Å². The van der Waals surface area contributed by atoms with E-state index < -0.39 is 0 Å². The monoisotopic (exact) mass is 277 g/mol. The van der Waals surface area contributed by atoms with Gasteiger partial charge in [-0.15, -0.1) is 0 Å².